The second-order valence-corrected chi connectivity index (χ2v) is 5.00. The lowest BCUT2D eigenvalue weighted by atomic mass is 10.4. The first-order chi connectivity index (χ1) is 10.9. The first kappa shape index (κ1) is 25.9. The Kier molecular flexibility index (Phi) is 17.4. The molecule has 0 fully saturated rings. The summed E-state index contributed by atoms with van der Waals surface area (Å²) in [4.78, 5) is 5.57. The summed E-state index contributed by atoms with van der Waals surface area (Å²) in [6.45, 7) is 4.69. The number of likely N-dealkylation sites (N-methyl/N-ethyl adjacent to an activating group) is 1. The van der Waals surface area contributed by atoms with Crippen molar-refractivity contribution in [3.63, 3.8) is 0 Å². The highest BCUT2D eigenvalue weighted by atomic mass is 127. The molecule has 6 nitrogen and oxygen atoms in total. The maximum absolute atomic E-state index is 12.2. The summed E-state index contributed by atoms with van der Waals surface area (Å²) in [6, 6.07) is 0. The highest BCUT2D eigenvalue weighted by molar-refractivity contribution is 14.0. The van der Waals surface area contributed by atoms with Gasteiger partial charge in [0.15, 0.2) is 5.96 Å². The van der Waals surface area contributed by atoms with E-state index in [2.05, 4.69) is 15.6 Å². The molecular weight excluding hydrogens is 440 g/mol. The zero-order chi connectivity index (χ0) is 17.6. The van der Waals surface area contributed by atoms with Crippen LogP contribution in [-0.4, -0.2) is 83.7 Å². The summed E-state index contributed by atoms with van der Waals surface area (Å²) in [5, 5.41) is 6.07. The molecule has 0 unspecified atom stereocenters. The van der Waals surface area contributed by atoms with Crippen molar-refractivity contribution in [1.29, 1.82) is 0 Å². The number of nitrogens with zero attached hydrogens (tertiary/aromatic N) is 2. The molecule has 0 rings (SSSR count). The van der Waals surface area contributed by atoms with Crippen LogP contribution in [0.15, 0.2) is 4.99 Å². The maximum atomic E-state index is 12.2. The van der Waals surface area contributed by atoms with Gasteiger partial charge in [0, 0.05) is 39.9 Å². The van der Waals surface area contributed by atoms with E-state index < -0.39 is 12.7 Å². The number of methoxy groups -OCH3 is 1. The van der Waals surface area contributed by atoms with Gasteiger partial charge in [-0.15, -0.1) is 24.0 Å². The molecule has 0 saturated heterocycles. The summed E-state index contributed by atoms with van der Waals surface area (Å²) in [7, 11) is 3.06. The Labute approximate surface area is 159 Å². The van der Waals surface area contributed by atoms with E-state index in [0.717, 1.165) is 6.42 Å². The third-order valence-electron chi connectivity index (χ3n) is 2.73. The molecule has 0 aliphatic heterocycles. The predicted molar refractivity (Wildman–Crippen MR) is 100 cm³/mol. The number of halogens is 4. The van der Waals surface area contributed by atoms with Gasteiger partial charge in [0.05, 0.1) is 19.8 Å². The molecule has 0 aliphatic rings. The van der Waals surface area contributed by atoms with Crippen LogP contribution in [0.5, 0.6) is 0 Å². The van der Waals surface area contributed by atoms with E-state index in [4.69, 9.17) is 9.47 Å². The van der Waals surface area contributed by atoms with Gasteiger partial charge in [0.1, 0.15) is 0 Å². The summed E-state index contributed by atoms with van der Waals surface area (Å²) >= 11 is 0. The van der Waals surface area contributed by atoms with Crippen LogP contribution >= 0.6 is 24.0 Å². The maximum Gasteiger partial charge on any atom is 0.401 e. The molecule has 24 heavy (non-hydrogen) atoms. The van der Waals surface area contributed by atoms with Crippen LogP contribution in [0.4, 0.5) is 13.2 Å². The topological polar surface area (TPSA) is 58.1 Å². The number of aliphatic imine (C=N–C) groups is 1. The monoisotopic (exact) mass is 470 g/mol. The van der Waals surface area contributed by atoms with Gasteiger partial charge in [-0.3, -0.25) is 9.89 Å². The van der Waals surface area contributed by atoms with Gasteiger partial charge in [0.25, 0.3) is 0 Å². The molecule has 0 atom stereocenters. The van der Waals surface area contributed by atoms with Gasteiger partial charge in [-0.05, 0) is 20.4 Å². The second-order valence-electron chi connectivity index (χ2n) is 5.00. The fraction of sp³-hybridized carbons (Fsp3) is 0.929. The Bertz CT molecular complexity index is 321. The molecule has 0 spiro atoms. The molecule has 0 aromatic carbocycles. The van der Waals surface area contributed by atoms with Gasteiger partial charge in [-0.25, -0.2) is 0 Å². The van der Waals surface area contributed by atoms with Crippen LogP contribution in [0.25, 0.3) is 0 Å². The second kappa shape index (κ2) is 16.2. The summed E-state index contributed by atoms with van der Waals surface area (Å²) in [5.74, 6) is 0.602. The summed E-state index contributed by atoms with van der Waals surface area (Å²) < 4.78 is 46.8. The van der Waals surface area contributed by atoms with Crippen molar-refractivity contribution < 1.29 is 22.6 Å². The Morgan fingerprint density at radius 3 is 2.46 bits per heavy atom. The minimum absolute atomic E-state index is 0. The molecule has 0 saturated carbocycles. The van der Waals surface area contributed by atoms with E-state index in [-0.39, 0.29) is 30.5 Å². The highest BCUT2D eigenvalue weighted by Crippen LogP contribution is 2.14. The van der Waals surface area contributed by atoms with E-state index in [1.54, 1.807) is 7.11 Å². The van der Waals surface area contributed by atoms with Gasteiger partial charge in [-0.1, -0.05) is 0 Å². The van der Waals surface area contributed by atoms with Gasteiger partial charge < -0.3 is 20.1 Å². The smallest absolute Gasteiger partial charge is 0.382 e. The number of hydrogen-bond donors (Lipinski definition) is 2. The summed E-state index contributed by atoms with van der Waals surface area (Å²) in [6.07, 6.45) is -3.40. The molecule has 0 radical (unpaired) electrons. The third-order valence-corrected chi connectivity index (χ3v) is 2.73. The van der Waals surface area contributed by atoms with E-state index in [1.807, 2.05) is 6.92 Å². The van der Waals surface area contributed by atoms with Crippen molar-refractivity contribution in [3.05, 3.63) is 0 Å². The Morgan fingerprint density at radius 1 is 1.17 bits per heavy atom. The average Bonchev–Trinajstić information content (AvgIpc) is 2.44. The molecule has 0 heterocycles. The normalized spacial score (nSPS) is 12.2. The molecule has 0 bridgehead atoms. The van der Waals surface area contributed by atoms with Crippen molar-refractivity contribution >= 4 is 29.9 Å². The van der Waals surface area contributed by atoms with Crippen LogP contribution in [0, 0.1) is 0 Å². The van der Waals surface area contributed by atoms with Crippen molar-refractivity contribution in [1.82, 2.24) is 15.5 Å². The fourth-order valence-electron chi connectivity index (χ4n) is 1.69. The number of rotatable bonds is 12. The molecule has 0 amide bonds. The van der Waals surface area contributed by atoms with Crippen molar-refractivity contribution in [2.24, 2.45) is 4.99 Å². The van der Waals surface area contributed by atoms with Crippen LogP contribution in [0.2, 0.25) is 0 Å². The van der Waals surface area contributed by atoms with Crippen LogP contribution in [0.3, 0.4) is 0 Å². The lowest BCUT2D eigenvalue weighted by Crippen LogP contribution is -2.42. The van der Waals surface area contributed by atoms with E-state index in [1.165, 1.54) is 11.9 Å². The quantitative estimate of drug-likeness (QED) is 0.197. The number of nitrogens with one attached hydrogen (secondary N) is 2. The van der Waals surface area contributed by atoms with Crippen LogP contribution in [0.1, 0.15) is 13.3 Å². The van der Waals surface area contributed by atoms with Gasteiger partial charge in [0.2, 0.25) is 0 Å². The van der Waals surface area contributed by atoms with Crippen molar-refractivity contribution in [2.75, 3.05) is 66.7 Å². The molecule has 10 heteroatoms. The zero-order valence-electron chi connectivity index (χ0n) is 14.6. The number of hydrogen-bond acceptors (Lipinski definition) is 4. The SMILES string of the molecule is CCNC(=NCCCOCCOC)NCCN(C)CC(F)(F)F.I. The number of ether oxygens (including phenoxy) is 2. The lowest BCUT2D eigenvalue weighted by molar-refractivity contribution is -0.142. The number of guanidine groups is 1. The molecule has 2 N–H and O–H groups in total. The fourth-order valence-corrected chi connectivity index (χ4v) is 1.69. The Hall–Kier alpha value is -0.330. The van der Waals surface area contributed by atoms with Crippen LogP contribution < -0.4 is 10.6 Å². The minimum Gasteiger partial charge on any atom is -0.382 e. The first-order valence-electron chi connectivity index (χ1n) is 7.73. The Morgan fingerprint density at radius 2 is 1.88 bits per heavy atom. The molecule has 0 aromatic heterocycles. The van der Waals surface area contributed by atoms with Gasteiger partial charge >= 0.3 is 6.18 Å². The van der Waals surface area contributed by atoms with Gasteiger partial charge in [-0.2, -0.15) is 13.2 Å². The first-order valence-corrected chi connectivity index (χ1v) is 7.73. The lowest BCUT2D eigenvalue weighted by Gasteiger charge is -2.19. The Balaban J connectivity index is 0. The molecule has 0 aromatic rings. The van der Waals surface area contributed by atoms with E-state index >= 15 is 0 Å². The standard InChI is InChI=1S/C14H29F3N4O2.HI/c1-4-18-13(19-6-5-9-23-11-10-22-3)20-7-8-21(2)12-14(15,16)17;/h4-12H2,1-3H3,(H2,18,19,20);1H. The summed E-state index contributed by atoms with van der Waals surface area (Å²) in [5.41, 5.74) is 0. The number of alkyl halides is 3. The van der Waals surface area contributed by atoms with Crippen molar-refractivity contribution in [2.45, 2.75) is 19.5 Å². The van der Waals surface area contributed by atoms with Crippen LogP contribution in [-0.2, 0) is 9.47 Å². The minimum atomic E-state index is -4.17. The van der Waals surface area contributed by atoms with Crippen molar-refractivity contribution in [3.8, 4) is 0 Å². The average molecular weight is 470 g/mol. The van der Waals surface area contributed by atoms with E-state index in [9.17, 15) is 13.2 Å². The highest BCUT2D eigenvalue weighted by Gasteiger charge is 2.28. The largest absolute Gasteiger partial charge is 0.401 e. The predicted octanol–water partition coefficient (Wildman–Crippen LogP) is 1.71. The van der Waals surface area contributed by atoms with E-state index in [0.29, 0.717) is 45.4 Å². The third kappa shape index (κ3) is 18.0. The molecule has 0 aliphatic carbocycles. The molecular formula is C14H30F3IN4O2. The zero-order valence-corrected chi connectivity index (χ0v) is 16.9. The molecule has 146 valence electrons.